The Balaban J connectivity index is 1.19. The first-order chi connectivity index (χ1) is 21.6. The van der Waals surface area contributed by atoms with Gasteiger partial charge in [-0.15, -0.1) is 0 Å². The summed E-state index contributed by atoms with van der Waals surface area (Å²) in [6.07, 6.45) is 3.88. The smallest absolute Gasteiger partial charge is 0.146 e. The minimum absolute atomic E-state index is 0.333. The lowest BCUT2D eigenvalue weighted by Crippen LogP contribution is -2.25. The Kier molecular flexibility index (Phi) is 5.24. The van der Waals surface area contributed by atoms with E-state index >= 15 is 0 Å². The van der Waals surface area contributed by atoms with Gasteiger partial charge >= 0.3 is 0 Å². The number of fused-ring (bicyclic) bond motifs is 10. The maximum Gasteiger partial charge on any atom is 0.146 e. The van der Waals surface area contributed by atoms with Crippen LogP contribution in [-0.2, 0) is 5.41 Å². The van der Waals surface area contributed by atoms with Crippen LogP contribution in [0.5, 0.6) is 0 Å². The van der Waals surface area contributed by atoms with E-state index in [-0.39, 0.29) is 5.41 Å². The van der Waals surface area contributed by atoms with Gasteiger partial charge in [-0.05, 0) is 99.8 Å². The van der Waals surface area contributed by atoms with E-state index in [9.17, 15) is 0 Å². The molecule has 5 aromatic carbocycles. The highest BCUT2D eigenvalue weighted by atomic mass is 15.1. The molecular formula is C41H29N3. The van der Waals surface area contributed by atoms with E-state index in [1.54, 1.807) is 0 Å². The fraction of sp³-hybridized carbons (Fsp3) is 0.0732. The SMILES string of the molecule is Cc1ccc(-c2nccn2-c2ccc(-c3ccc4c(c3)C3(c5ccccc5-c5ccccc53)c3ccccc3-4)cc2)c(C)n1. The number of benzene rings is 5. The summed E-state index contributed by atoms with van der Waals surface area (Å²) in [6, 6.07) is 46.9. The molecule has 0 fully saturated rings. The van der Waals surface area contributed by atoms with Gasteiger partial charge in [0, 0.05) is 35.0 Å². The lowest BCUT2D eigenvalue weighted by molar-refractivity contribution is 0.794. The van der Waals surface area contributed by atoms with Crippen molar-refractivity contribution in [1.29, 1.82) is 0 Å². The Bertz CT molecular complexity index is 2190. The molecule has 9 rings (SSSR count). The number of pyridine rings is 1. The molecule has 0 amide bonds. The number of aromatic nitrogens is 3. The number of hydrogen-bond acceptors (Lipinski definition) is 2. The van der Waals surface area contributed by atoms with Crippen LogP contribution in [0.1, 0.15) is 33.6 Å². The van der Waals surface area contributed by atoms with Crippen molar-refractivity contribution in [3.8, 4) is 50.5 Å². The molecule has 0 saturated heterocycles. The minimum atomic E-state index is -0.333. The van der Waals surface area contributed by atoms with Crippen LogP contribution >= 0.6 is 0 Å². The molecule has 3 nitrogen and oxygen atoms in total. The van der Waals surface area contributed by atoms with E-state index in [2.05, 4.69) is 131 Å². The van der Waals surface area contributed by atoms with E-state index in [4.69, 9.17) is 4.98 Å². The average molecular weight is 564 g/mol. The third-order valence-corrected chi connectivity index (χ3v) is 9.58. The predicted molar refractivity (Wildman–Crippen MR) is 178 cm³/mol. The van der Waals surface area contributed by atoms with Crippen LogP contribution in [0.3, 0.4) is 0 Å². The van der Waals surface area contributed by atoms with Crippen molar-refractivity contribution in [2.45, 2.75) is 19.3 Å². The zero-order valence-electron chi connectivity index (χ0n) is 24.6. The van der Waals surface area contributed by atoms with Gasteiger partial charge < -0.3 is 0 Å². The summed E-state index contributed by atoms with van der Waals surface area (Å²) in [7, 11) is 0. The molecule has 7 aromatic rings. The predicted octanol–water partition coefficient (Wildman–Crippen LogP) is 9.56. The highest BCUT2D eigenvalue weighted by Gasteiger charge is 2.51. The molecule has 2 heterocycles. The van der Waals surface area contributed by atoms with Gasteiger partial charge in [0.05, 0.1) is 5.41 Å². The lowest BCUT2D eigenvalue weighted by Gasteiger charge is -2.30. The third-order valence-electron chi connectivity index (χ3n) is 9.58. The molecule has 2 aromatic heterocycles. The standard InChI is InChI=1S/C41H29N3/c1-26-15-21-31(27(2)43-26)40-42-23-24-44(40)30-19-16-28(17-20-30)29-18-22-35-34-11-5-8-14-38(34)41(39(35)25-29)36-12-6-3-9-32(36)33-10-4-7-13-37(33)41/h3-25H,1-2H3. The molecule has 0 saturated carbocycles. The van der Waals surface area contributed by atoms with Gasteiger partial charge in [-0.3, -0.25) is 9.55 Å². The number of rotatable bonds is 3. The number of hydrogen-bond donors (Lipinski definition) is 0. The van der Waals surface area contributed by atoms with Gasteiger partial charge in [0.2, 0.25) is 0 Å². The van der Waals surface area contributed by atoms with E-state index in [0.717, 1.165) is 28.5 Å². The molecule has 3 heteroatoms. The van der Waals surface area contributed by atoms with Crippen molar-refractivity contribution in [2.24, 2.45) is 0 Å². The quantitative estimate of drug-likeness (QED) is 0.214. The van der Waals surface area contributed by atoms with Crippen molar-refractivity contribution in [3.05, 3.63) is 173 Å². The Morgan fingerprint density at radius 3 is 1.68 bits per heavy atom. The molecule has 208 valence electrons. The van der Waals surface area contributed by atoms with Gasteiger partial charge in [-0.1, -0.05) is 97.1 Å². The monoisotopic (exact) mass is 563 g/mol. The largest absolute Gasteiger partial charge is 0.300 e. The van der Waals surface area contributed by atoms with Crippen LogP contribution in [0.25, 0.3) is 50.5 Å². The van der Waals surface area contributed by atoms with Gasteiger partial charge in [0.25, 0.3) is 0 Å². The second-order valence-corrected chi connectivity index (χ2v) is 11.9. The Morgan fingerprint density at radius 2 is 1.07 bits per heavy atom. The van der Waals surface area contributed by atoms with Gasteiger partial charge in [-0.25, -0.2) is 4.98 Å². The summed E-state index contributed by atoms with van der Waals surface area (Å²) in [5.41, 5.74) is 17.0. The van der Waals surface area contributed by atoms with Crippen LogP contribution in [0.4, 0.5) is 0 Å². The zero-order chi connectivity index (χ0) is 29.4. The van der Waals surface area contributed by atoms with E-state index in [0.29, 0.717) is 0 Å². The van der Waals surface area contributed by atoms with Crippen molar-refractivity contribution < 1.29 is 0 Å². The molecule has 0 radical (unpaired) electrons. The van der Waals surface area contributed by atoms with Crippen molar-refractivity contribution in [2.75, 3.05) is 0 Å². The summed E-state index contributed by atoms with van der Waals surface area (Å²) in [5.74, 6) is 0.901. The second-order valence-electron chi connectivity index (χ2n) is 11.9. The summed E-state index contributed by atoms with van der Waals surface area (Å²) in [4.78, 5) is 9.36. The van der Waals surface area contributed by atoms with Gasteiger partial charge in [0.15, 0.2) is 0 Å². The second kappa shape index (κ2) is 9.23. The Morgan fingerprint density at radius 1 is 0.523 bits per heavy atom. The van der Waals surface area contributed by atoms with Gasteiger partial charge in [0.1, 0.15) is 5.82 Å². The topological polar surface area (TPSA) is 30.7 Å². The molecule has 0 unspecified atom stereocenters. The van der Waals surface area contributed by atoms with Crippen molar-refractivity contribution in [1.82, 2.24) is 14.5 Å². The normalized spacial score (nSPS) is 13.4. The minimum Gasteiger partial charge on any atom is -0.300 e. The molecule has 0 bridgehead atoms. The highest BCUT2D eigenvalue weighted by Crippen LogP contribution is 2.62. The maximum absolute atomic E-state index is 4.69. The molecule has 0 aliphatic heterocycles. The van der Waals surface area contributed by atoms with E-state index in [1.807, 2.05) is 32.3 Å². The Labute approximate surface area is 257 Å². The molecule has 0 atom stereocenters. The van der Waals surface area contributed by atoms with Crippen LogP contribution in [0.2, 0.25) is 0 Å². The van der Waals surface area contributed by atoms with Gasteiger partial charge in [-0.2, -0.15) is 0 Å². The van der Waals surface area contributed by atoms with Crippen LogP contribution in [-0.4, -0.2) is 14.5 Å². The summed E-state index contributed by atoms with van der Waals surface area (Å²) in [6.45, 7) is 4.07. The average Bonchev–Trinajstić information content (AvgIpc) is 3.75. The first-order valence-corrected chi connectivity index (χ1v) is 15.2. The fourth-order valence-corrected chi connectivity index (χ4v) is 7.72. The molecular weight excluding hydrogens is 534 g/mol. The first kappa shape index (κ1) is 25.0. The van der Waals surface area contributed by atoms with Crippen LogP contribution in [0, 0.1) is 13.8 Å². The molecule has 0 N–H and O–H groups in total. The summed E-state index contributed by atoms with van der Waals surface area (Å²) in [5, 5.41) is 0. The maximum atomic E-state index is 4.69. The van der Waals surface area contributed by atoms with Crippen LogP contribution < -0.4 is 0 Å². The number of imidazole rings is 1. The van der Waals surface area contributed by atoms with E-state index < -0.39 is 0 Å². The van der Waals surface area contributed by atoms with Crippen molar-refractivity contribution in [3.63, 3.8) is 0 Å². The van der Waals surface area contributed by atoms with E-state index in [1.165, 1.54) is 55.6 Å². The van der Waals surface area contributed by atoms with Crippen LogP contribution in [0.15, 0.2) is 140 Å². The molecule has 2 aliphatic rings. The molecule has 1 spiro atoms. The fourth-order valence-electron chi connectivity index (χ4n) is 7.72. The van der Waals surface area contributed by atoms with Crippen molar-refractivity contribution >= 4 is 0 Å². The molecule has 2 aliphatic carbocycles. The lowest BCUT2D eigenvalue weighted by atomic mass is 9.70. The number of nitrogens with zero attached hydrogens (tertiary/aromatic N) is 3. The molecule has 44 heavy (non-hydrogen) atoms. The summed E-state index contributed by atoms with van der Waals surface area (Å²) >= 11 is 0. The number of aryl methyl sites for hydroxylation is 2. The third kappa shape index (κ3) is 3.32. The highest BCUT2D eigenvalue weighted by molar-refractivity contribution is 5.95. The summed E-state index contributed by atoms with van der Waals surface area (Å²) < 4.78 is 2.14. The zero-order valence-corrected chi connectivity index (χ0v) is 24.6. The first-order valence-electron chi connectivity index (χ1n) is 15.2. The Hall–Kier alpha value is -5.54.